The molecule has 6 heteroatoms. The molecule has 1 aromatic heterocycles. The lowest BCUT2D eigenvalue weighted by atomic mass is 10.1. The maximum Gasteiger partial charge on any atom is 0.310 e. The van der Waals surface area contributed by atoms with Gasteiger partial charge in [-0.15, -0.1) is 0 Å². The van der Waals surface area contributed by atoms with E-state index in [-0.39, 0.29) is 19.0 Å². The van der Waals surface area contributed by atoms with E-state index in [1.165, 1.54) is 0 Å². The summed E-state index contributed by atoms with van der Waals surface area (Å²) < 4.78 is 30.8. The third-order valence-electron chi connectivity index (χ3n) is 3.69. The summed E-state index contributed by atoms with van der Waals surface area (Å²) in [6.07, 6.45) is 0.101. The van der Waals surface area contributed by atoms with Gasteiger partial charge in [-0.1, -0.05) is 34.1 Å². The number of fused-ring (bicyclic) bond motifs is 1. The van der Waals surface area contributed by atoms with E-state index >= 15 is 0 Å². The van der Waals surface area contributed by atoms with Crippen molar-refractivity contribution in [1.29, 1.82) is 0 Å². The van der Waals surface area contributed by atoms with E-state index in [4.69, 9.17) is 13.9 Å². The van der Waals surface area contributed by atoms with E-state index in [9.17, 15) is 9.18 Å². The summed E-state index contributed by atoms with van der Waals surface area (Å²) >= 11 is 3.37. The first-order chi connectivity index (χ1) is 12.1. The third-order valence-corrected chi connectivity index (χ3v) is 4.18. The minimum Gasteiger partial charge on any atom is -0.488 e. The van der Waals surface area contributed by atoms with Crippen molar-refractivity contribution in [3.8, 4) is 5.75 Å². The standard InChI is InChI=1S/C19H16BrFO4/c1-2-23-18(22)9-12-5-3-4-6-16(12)24-11-15-14-10-13(20)7-8-17(14)25-19(15)21/h3-8,10H,2,9,11H2,1H3. The maximum absolute atomic E-state index is 14.1. The number of ether oxygens (including phenoxy) is 2. The number of furan rings is 1. The van der Waals surface area contributed by atoms with Gasteiger partial charge in [0.15, 0.2) is 0 Å². The number of rotatable bonds is 6. The fourth-order valence-electron chi connectivity index (χ4n) is 2.53. The second-order valence-electron chi connectivity index (χ2n) is 5.37. The van der Waals surface area contributed by atoms with Gasteiger partial charge in [-0.25, -0.2) is 0 Å². The Morgan fingerprint density at radius 2 is 2.04 bits per heavy atom. The molecule has 0 amide bonds. The number of carbonyl (C=O) groups excluding carboxylic acids is 1. The van der Waals surface area contributed by atoms with Crippen LogP contribution in [0.4, 0.5) is 4.39 Å². The van der Waals surface area contributed by atoms with Crippen molar-refractivity contribution in [2.24, 2.45) is 0 Å². The Hall–Kier alpha value is -2.34. The van der Waals surface area contributed by atoms with Gasteiger partial charge in [0.25, 0.3) is 6.01 Å². The van der Waals surface area contributed by atoms with Gasteiger partial charge in [-0.3, -0.25) is 4.79 Å². The highest BCUT2D eigenvalue weighted by Gasteiger charge is 2.16. The van der Waals surface area contributed by atoms with Crippen LogP contribution in [0.5, 0.6) is 5.75 Å². The van der Waals surface area contributed by atoms with E-state index in [1.54, 1.807) is 43.3 Å². The smallest absolute Gasteiger partial charge is 0.310 e. The molecule has 4 nitrogen and oxygen atoms in total. The van der Waals surface area contributed by atoms with Crippen LogP contribution in [0.15, 0.2) is 51.4 Å². The normalized spacial score (nSPS) is 10.8. The van der Waals surface area contributed by atoms with Gasteiger partial charge >= 0.3 is 5.97 Å². The van der Waals surface area contributed by atoms with Crippen molar-refractivity contribution in [3.05, 3.63) is 64.1 Å². The summed E-state index contributed by atoms with van der Waals surface area (Å²) in [5.41, 5.74) is 1.48. The Bertz CT molecular complexity index is 904. The van der Waals surface area contributed by atoms with Crippen LogP contribution in [0.2, 0.25) is 0 Å². The Balaban J connectivity index is 1.82. The van der Waals surface area contributed by atoms with Crippen LogP contribution in [0.3, 0.4) is 0 Å². The molecule has 0 N–H and O–H groups in total. The van der Waals surface area contributed by atoms with E-state index in [1.807, 2.05) is 6.07 Å². The molecule has 130 valence electrons. The molecule has 0 aliphatic carbocycles. The van der Waals surface area contributed by atoms with Crippen molar-refractivity contribution in [3.63, 3.8) is 0 Å². The van der Waals surface area contributed by atoms with Crippen molar-refractivity contribution in [1.82, 2.24) is 0 Å². The summed E-state index contributed by atoms with van der Waals surface area (Å²) in [6.45, 7) is 2.07. The van der Waals surface area contributed by atoms with Crippen molar-refractivity contribution in [2.45, 2.75) is 20.0 Å². The molecule has 0 unspecified atom stereocenters. The zero-order valence-corrected chi connectivity index (χ0v) is 15.1. The predicted octanol–water partition coefficient (Wildman–Crippen LogP) is 5.02. The molecule has 0 bridgehead atoms. The minimum absolute atomic E-state index is 0.00484. The van der Waals surface area contributed by atoms with Crippen LogP contribution in [-0.4, -0.2) is 12.6 Å². The molecule has 0 aliphatic rings. The first kappa shape index (κ1) is 17.5. The predicted molar refractivity (Wildman–Crippen MR) is 95.0 cm³/mol. The number of halogens is 2. The Kier molecular flexibility index (Phi) is 5.38. The van der Waals surface area contributed by atoms with Gasteiger partial charge in [-0.2, -0.15) is 4.39 Å². The van der Waals surface area contributed by atoms with Crippen LogP contribution < -0.4 is 4.74 Å². The highest BCUT2D eigenvalue weighted by molar-refractivity contribution is 9.10. The molecule has 0 aliphatic heterocycles. The van der Waals surface area contributed by atoms with Crippen LogP contribution >= 0.6 is 15.9 Å². The molecule has 0 saturated carbocycles. The minimum atomic E-state index is -0.670. The van der Waals surface area contributed by atoms with Gasteiger partial charge in [0.2, 0.25) is 0 Å². The fourth-order valence-corrected chi connectivity index (χ4v) is 2.89. The van der Waals surface area contributed by atoms with Gasteiger partial charge in [0.05, 0.1) is 18.6 Å². The molecule has 1 heterocycles. The van der Waals surface area contributed by atoms with Gasteiger partial charge < -0.3 is 13.9 Å². The molecule has 0 saturated heterocycles. The van der Waals surface area contributed by atoms with E-state index in [0.717, 1.165) is 4.47 Å². The monoisotopic (exact) mass is 406 g/mol. The summed E-state index contributed by atoms with van der Waals surface area (Å²) in [4.78, 5) is 11.7. The Morgan fingerprint density at radius 1 is 1.24 bits per heavy atom. The van der Waals surface area contributed by atoms with Crippen molar-refractivity contribution >= 4 is 32.9 Å². The molecule has 0 atom stereocenters. The number of para-hydroxylation sites is 1. The van der Waals surface area contributed by atoms with Crippen LogP contribution in [0, 0.1) is 6.01 Å². The quantitative estimate of drug-likeness (QED) is 0.539. The Labute approximate surface area is 152 Å². The van der Waals surface area contributed by atoms with Crippen LogP contribution in [0.1, 0.15) is 18.1 Å². The molecular weight excluding hydrogens is 391 g/mol. The third kappa shape index (κ3) is 4.02. The number of esters is 1. The van der Waals surface area contributed by atoms with Crippen LogP contribution in [0.25, 0.3) is 11.0 Å². The van der Waals surface area contributed by atoms with Crippen LogP contribution in [-0.2, 0) is 22.6 Å². The van der Waals surface area contributed by atoms with E-state index in [2.05, 4.69) is 15.9 Å². The number of benzene rings is 2. The maximum atomic E-state index is 14.1. The zero-order valence-electron chi connectivity index (χ0n) is 13.6. The topological polar surface area (TPSA) is 48.7 Å². The average molecular weight is 407 g/mol. The zero-order chi connectivity index (χ0) is 17.8. The molecule has 3 rings (SSSR count). The number of carbonyl (C=O) groups is 1. The van der Waals surface area contributed by atoms with Crippen molar-refractivity contribution < 1.29 is 23.1 Å². The summed E-state index contributed by atoms with van der Waals surface area (Å²) in [5, 5.41) is 0.648. The molecule has 0 spiro atoms. The SMILES string of the molecule is CCOC(=O)Cc1ccccc1OCc1c(F)oc2ccc(Br)cc12. The largest absolute Gasteiger partial charge is 0.488 e. The van der Waals surface area contributed by atoms with E-state index in [0.29, 0.717) is 34.5 Å². The highest BCUT2D eigenvalue weighted by Crippen LogP contribution is 2.29. The molecule has 2 aromatic carbocycles. The first-order valence-corrected chi connectivity index (χ1v) is 8.60. The van der Waals surface area contributed by atoms with E-state index < -0.39 is 6.01 Å². The fraction of sp³-hybridized carbons (Fsp3) is 0.211. The van der Waals surface area contributed by atoms with Gasteiger partial charge in [-0.05, 0) is 31.2 Å². The first-order valence-electron chi connectivity index (χ1n) is 7.81. The lowest BCUT2D eigenvalue weighted by Crippen LogP contribution is -2.09. The molecular formula is C19H16BrFO4. The summed E-state index contributed by atoms with van der Waals surface area (Å²) in [6, 6.07) is 11.7. The summed E-state index contributed by atoms with van der Waals surface area (Å²) in [5.74, 6) is 0.182. The second kappa shape index (κ2) is 7.70. The highest BCUT2D eigenvalue weighted by atomic mass is 79.9. The summed E-state index contributed by atoms with van der Waals surface area (Å²) in [7, 11) is 0. The molecule has 25 heavy (non-hydrogen) atoms. The van der Waals surface area contributed by atoms with Gasteiger partial charge in [0, 0.05) is 15.4 Å². The van der Waals surface area contributed by atoms with Gasteiger partial charge in [0.1, 0.15) is 17.9 Å². The molecule has 0 radical (unpaired) electrons. The number of hydrogen-bond donors (Lipinski definition) is 0. The lowest BCUT2D eigenvalue weighted by Gasteiger charge is -2.10. The molecule has 0 fully saturated rings. The second-order valence-corrected chi connectivity index (χ2v) is 6.29. The molecule has 3 aromatic rings. The van der Waals surface area contributed by atoms with Crippen molar-refractivity contribution in [2.75, 3.05) is 6.61 Å². The number of hydrogen-bond acceptors (Lipinski definition) is 4. The average Bonchev–Trinajstić information content (AvgIpc) is 2.89. The Morgan fingerprint density at radius 3 is 2.84 bits per heavy atom. The lowest BCUT2D eigenvalue weighted by molar-refractivity contribution is -0.142.